The van der Waals surface area contributed by atoms with Crippen molar-refractivity contribution in [3.63, 3.8) is 0 Å². The number of rotatable bonds is 4. The smallest absolute Gasteiger partial charge is 0.323 e. The minimum atomic E-state index is -0.242. The van der Waals surface area contributed by atoms with Crippen LogP contribution in [0.5, 0.6) is 0 Å². The number of carbonyl (C=O) groups excluding carboxylic acids is 1. The highest BCUT2D eigenvalue weighted by Gasteiger charge is 2.25. The van der Waals surface area contributed by atoms with E-state index in [9.17, 15) is 4.79 Å². The van der Waals surface area contributed by atoms with Crippen molar-refractivity contribution in [1.29, 1.82) is 0 Å². The summed E-state index contributed by atoms with van der Waals surface area (Å²) in [4.78, 5) is 13.8. The zero-order valence-electron chi connectivity index (χ0n) is 12.9. The normalized spacial score (nSPS) is 13.4. The minimum Gasteiger partial charge on any atom is -0.468 e. The molecule has 0 saturated heterocycles. The first-order valence-corrected chi connectivity index (χ1v) is 6.60. The maximum Gasteiger partial charge on any atom is 0.323 e. The van der Waals surface area contributed by atoms with Gasteiger partial charge in [-0.3, -0.25) is 9.69 Å². The summed E-state index contributed by atoms with van der Waals surface area (Å²) in [5, 5.41) is 0. The number of carbonyl (C=O) groups is 1. The molecule has 3 nitrogen and oxygen atoms in total. The van der Waals surface area contributed by atoms with Crippen molar-refractivity contribution in [1.82, 2.24) is 4.90 Å². The van der Waals surface area contributed by atoms with Crippen LogP contribution in [-0.2, 0) is 21.4 Å². The molecule has 0 aliphatic carbocycles. The van der Waals surface area contributed by atoms with E-state index in [0.717, 1.165) is 0 Å². The predicted octanol–water partition coefficient (Wildman–Crippen LogP) is 2.63. The number of hydrogen-bond donors (Lipinski definition) is 0. The Kier molecular flexibility index (Phi) is 5.12. The lowest BCUT2D eigenvalue weighted by atomic mass is 9.82. The van der Waals surface area contributed by atoms with Crippen molar-refractivity contribution in [2.24, 2.45) is 0 Å². The minimum absolute atomic E-state index is 0.0730. The molecule has 1 rings (SSSR count). The molecule has 0 bridgehead atoms. The molecule has 1 aromatic carbocycles. The van der Waals surface area contributed by atoms with Crippen LogP contribution in [0.3, 0.4) is 0 Å². The summed E-state index contributed by atoms with van der Waals surface area (Å²) in [5.41, 5.74) is 2.56. The number of nitrogens with zero attached hydrogens (tertiary/aromatic N) is 1. The van der Waals surface area contributed by atoms with E-state index in [0.29, 0.717) is 6.42 Å². The molecule has 0 amide bonds. The van der Waals surface area contributed by atoms with Crippen molar-refractivity contribution in [3.8, 4) is 0 Å². The van der Waals surface area contributed by atoms with Gasteiger partial charge in [0.1, 0.15) is 6.04 Å². The van der Waals surface area contributed by atoms with Gasteiger partial charge in [-0.25, -0.2) is 0 Å². The maximum atomic E-state index is 11.9. The van der Waals surface area contributed by atoms with Gasteiger partial charge in [0, 0.05) is 0 Å². The van der Waals surface area contributed by atoms with Crippen LogP contribution in [0.4, 0.5) is 0 Å². The average Bonchev–Trinajstić information content (AvgIpc) is 2.34. The van der Waals surface area contributed by atoms with Gasteiger partial charge in [-0.1, -0.05) is 45.0 Å². The Labute approximate surface area is 116 Å². The van der Waals surface area contributed by atoms with Gasteiger partial charge in [-0.2, -0.15) is 0 Å². The van der Waals surface area contributed by atoms with Gasteiger partial charge in [0.05, 0.1) is 7.11 Å². The van der Waals surface area contributed by atoms with Gasteiger partial charge in [0.15, 0.2) is 0 Å². The summed E-state index contributed by atoms with van der Waals surface area (Å²) >= 11 is 0. The number of methoxy groups -OCH3 is 1. The molecule has 1 atom stereocenters. The molecule has 0 aliphatic rings. The molecule has 0 aromatic heterocycles. The van der Waals surface area contributed by atoms with E-state index in [1.165, 1.54) is 18.2 Å². The fraction of sp³-hybridized carbons (Fsp3) is 0.562. The standard InChI is InChI=1S/C16H25NO2/c1-16(2,3)13-10-8-7-9-12(13)11-14(17(4)5)15(18)19-6/h7-10,14H,11H2,1-6H3. The topological polar surface area (TPSA) is 29.5 Å². The third-order valence-corrected chi connectivity index (χ3v) is 3.34. The molecule has 0 N–H and O–H groups in total. The largest absolute Gasteiger partial charge is 0.468 e. The summed E-state index contributed by atoms with van der Waals surface area (Å²) in [6.07, 6.45) is 0.674. The van der Waals surface area contributed by atoms with Gasteiger partial charge < -0.3 is 4.74 Å². The fourth-order valence-electron chi connectivity index (χ4n) is 2.25. The lowest BCUT2D eigenvalue weighted by Gasteiger charge is -2.27. The van der Waals surface area contributed by atoms with Crippen molar-refractivity contribution < 1.29 is 9.53 Å². The molecule has 0 spiro atoms. The number of likely N-dealkylation sites (N-methyl/N-ethyl adjacent to an activating group) is 1. The first kappa shape index (κ1) is 15.7. The van der Waals surface area contributed by atoms with E-state index in [1.807, 2.05) is 31.1 Å². The van der Waals surface area contributed by atoms with Crippen molar-refractivity contribution in [2.45, 2.75) is 38.6 Å². The Morgan fingerprint density at radius 1 is 1.26 bits per heavy atom. The predicted molar refractivity (Wildman–Crippen MR) is 78.3 cm³/mol. The Hall–Kier alpha value is -1.35. The lowest BCUT2D eigenvalue weighted by molar-refractivity contribution is -0.145. The van der Waals surface area contributed by atoms with Crippen LogP contribution in [0.2, 0.25) is 0 Å². The zero-order valence-corrected chi connectivity index (χ0v) is 12.9. The van der Waals surface area contributed by atoms with E-state index in [4.69, 9.17) is 4.74 Å². The van der Waals surface area contributed by atoms with Crippen LogP contribution >= 0.6 is 0 Å². The second-order valence-corrected chi connectivity index (χ2v) is 6.11. The van der Waals surface area contributed by atoms with E-state index >= 15 is 0 Å². The molecule has 0 saturated carbocycles. The quantitative estimate of drug-likeness (QED) is 0.782. The molecule has 3 heteroatoms. The highest BCUT2D eigenvalue weighted by molar-refractivity contribution is 5.76. The molecule has 0 fully saturated rings. The van der Waals surface area contributed by atoms with Crippen LogP contribution in [0.25, 0.3) is 0 Å². The maximum absolute atomic E-state index is 11.9. The van der Waals surface area contributed by atoms with Gasteiger partial charge >= 0.3 is 5.97 Å². The van der Waals surface area contributed by atoms with E-state index in [2.05, 4.69) is 32.9 Å². The molecule has 19 heavy (non-hydrogen) atoms. The fourth-order valence-corrected chi connectivity index (χ4v) is 2.25. The molecule has 106 valence electrons. The Morgan fingerprint density at radius 3 is 2.32 bits per heavy atom. The SMILES string of the molecule is COC(=O)C(Cc1ccccc1C(C)(C)C)N(C)C. The third kappa shape index (κ3) is 4.06. The van der Waals surface area contributed by atoms with Gasteiger partial charge in [-0.05, 0) is 37.1 Å². The second kappa shape index (κ2) is 6.20. The first-order chi connectivity index (χ1) is 8.77. The summed E-state index contributed by atoms with van der Waals surface area (Å²) < 4.78 is 4.89. The van der Waals surface area contributed by atoms with Crippen molar-refractivity contribution in [2.75, 3.05) is 21.2 Å². The van der Waals surface area contributed by atoms with Crippen LogP contribution in [0, 0.1) is 0 Å². The lowest BCUT2D eigenvalue weighted by Crippen LogP contribution is -2.39. The van der Waals surface area contributed by atoms with Gasteiger partial charge in [-0.15, -0.1) is 0 Å². The molecule has 0 heterocycles. The monoisotopic (exact) mass is 263 g/mol. The highest BCUT2D eigenvalue weighted by Crippen LogP contribution is 2.27. The molecular weight excluding hydrogens is 238 g/mol. The van der Waals surface area contributed by atoms with E-state index in [1.54, 1.807) is 0 Å². The first-order valence-electron chi connectivity index (χ1n) is 6.60. The molecule has 0 radical (unpaired) electrons. The van der Waals surface area contributed by atoms with Gasteiger partial charge in [0.2, 0.25) is 0 Å². The van der Waals surface area contributed by atoms with Crippen molar-refractivity contribution >= 4 is 5.97 Å². The molecular formula is C16H25NO2. The van der Waals surface area contributed by atoms with Crippen LogP contribution in [0.15, 0.2) is 24.3 Å². The summed E-state index contributed by atoms with van der Waals surface area (Å²) in [6, 6.07) is 8.06. The second-order valence-electron chi connectivity index (χ2n) is 6.11. The van der Waals surface area contributed by atoms with E-state index in [-0.39, 0.29) is 17.4 Å². The summed E-state index contributed by atoms with van der Waals surface area (Å²) in [7, 11) is 5.25. The number of ether oxygens (including phenoxy) is 1. The van der Waals surface area contributed by atoms with Crippen molar-refractivity contribution in [3.05, 3.63) is 35.4 Å². The molecule has 1 unspecified atom stereocenters. The third-order valence-electron chi connectivity index (χ3n) is 3.34. The van der Waals surface area contributed by atoms with Crippen LogP contribution < -0.4 is 0 Å². The molecule has 1 aromatic rings. The number of esters is 1. The molecule has 0 aliphatic heterocycles. The Balaban J connectivity index is 3.07. The number of benzene rings is 1. The van der Waals surface area contributed by atoms with Gasteiger partial charge in [0.25, 0.3) is 0 Å². The van der Waals surface area contributed by atoms with E-state index < -0.39 is 0 Å². The zero-order chi connectivity index (χ0) is 14.6. The van der Waals surface area contributed by atoms with Crippen LogP contribution in [-0.4, -0.2) is 38.1 Å². The summed E-state index contributed by atoms with van der Waals surface area (Å²) in [5.74, 6) is -0.186. The Bertz CT molecular complexity index is 433. The highest BCUT2D eigenvalue weighted by atomic mass is 16.5. The Morgan fingerprint density at radius 2 is 1.84 bits per heavy atom. The average molecular weight is 263 g/mol. The van der Waals surface area contributed by atoms with Crippen LogP contribution in [0.1, 0.15) is 31.9 Å². The number of hydrogen-bond acceptors (Lipinski definition) is 3. The summed E-state index contributed by atoms with van der Waals surface area (Å²) in [6.45, 7) is 6.57.